The van der Waals surface area contributed by atoms with Crippen molar-refractivity contribution >= 4 is 34.1 Å². The van der Waals surface area contributed by atoms with E-state index in [1.54, 1.807) is 26.2 Å². The molecule has 0 fully saturated rings. The van der Waals surface area contributed by atoms with Crippen LogP contribution in [0.25, 0.3) is 0 Å². The zero-order valence-electron chi connectivity index (χ0n) is 22.8. The van der Waals surface area contributed by atoms with Crippen molar-refractivity contribution in [2.24, 2.45) is 5.16 Å². The Balaban J connectivity index is 0.00000441. The van der Waals surface area contributed by atoms with Crippen molar-refractivity contribution < 1.29 is 53.8 Å². The van der Waals surface area contributed by atoms with Crippen LogP contribution < -0.4 is 40.0 Å². The predicted molar refractivity (Wildman–Crippen MR) is 148 cm³/mol. The molecular weight excluding hydrogens is 537 g/mol. The van der Waals surface area contributed by atoms with E-state index < -0.39 is 35.4 Å². The van der Waals surface area contributed by atoms with Crippen LogP contribution in [0.4, 0.5) is 5.13 Å². The van der Waals surface area contributed by atoms with Crippen molar-refractivity contribution in [1.82, 2.24) is 4.98 Å². The van der Waals surface area contributed by atoms with Gasteiger partial charge in [0.2, 0.25) is 6.61 Å². The Morgan fingerprint density at radius 1 is 0.875 bits per heavy atom. The molecule has 0 amide bonds. The van der Waals surface area contributed by atoms with Gasteiger partial charge in [0.25, 0.3) is 0 Å². The van der Waals surface area contributed by atoms with Crippen LogP contribution in [0, 0.1) is 0 Å². The van der Waals surface area contributed by atoms with Crippen LogP contribution in [-0.2, 0) is 24.7 Å². The Morgan fingerprint density at radius 3 is 1.77 bits per heavy atom. The summed E-state index contributed by atoms with van der Waals surface area (Å²) in [6.07, 6.45) is 0. The predicted octanol–water partition coefficient (Wildman–Crippen LogP) is 1.36. The maximum absolute atomic E-state index is 11.9. The maximum Gasteiger partial charge on any atom is 1.00 e. The summed E-state index contributed by atoms with van der Waals surface area (Å²) in [6.45, 7) is 4.59. The Bertz CT molecular complexity index is 1340. The molecule has 0 aliphatic heterocycles. The van der Waals surface area contributed by atoms with Crippen LogP contribution in [0.2, 0.25) is 0 Å². The summed E-state index contributed by atoms with van der Waals surface area (Å²) < 4.78 is 5.15. The number of aliphatic carboxylic acids is 1. The second-order valence-electron chi connectivity index (χ2n) is 9.60. The fourth-order valence-electron chi connectivity index (χ4n) is 4.09. The summed E-state index contributed by atoms with van der Waals surface area (Å²) in [6, 6.07) is 29.8. The van der Waals surface area contributed by atoms with E-state index in [1.807, 2.05) is 91.0 Å². The average molecular weight is 566 g/mol. The molecule has 0 atom stereocenters. The van der Waals surface area contributed by atoms with E-state index in [9.17, 15) is 14.7 Å². The SMILES string of the molecule is CC(C)(C)OC(=O)CO/N=C(\C(=O)[O-])c1csc(NC(c2ccccc2)(c2ccccc2)c2ccccc2)n1.[Na+]. The third-order valence-electron chi connectivity index (χ3n) is 5.61. The molecule has 0 bridgehead atoms. The molecule has 0 saturated carbocycles. The second kappa shape index (κ2) is 13.7. The first-order valence-corrected chi connectivity index (χ1v) is 13.1. The largest absolute Gasteiger partial charge is 1.00 e. The minimum absolute atomic E-state index is 0. The quantitative estimate of drug-likeness (QED) is 0.102. The Hall–Kier alpha value is -3.50. The molecule has 8 nitrogen and oxygen atoms in total. The first-order chi connectivity index (χ1) is 18.7. The van der Waals surface area contributed by atoms with E-state index in [0.29, 0.717) is 5.13 Å². The van der Waals surface area contributed by atoms with Gasteiger partial charge in [0.15, 0.2) is 10.8 Å². The number of nitrogens with one attached hydrogen (secondary N) is 1. The normalized spacial score (nSPS) is 11.7. The summed E-state index contributed by atoms with van der Waals surface area (Å²) in [5.74, 6) is -2.26. The molecule has 0 aliphatic carbocycles. The van der Waals surface area contributed by atoms with Gasteiger partial charge < -0.3 is 24.8 Å². The molecule has 0 aliphatic rings. The van der Waals surface area contributed by atoms with Gasteiger partial charge in [0.1, 0.15) is 16.8 Å². The van der Waals surface area contributed by atoms with Gasteiger partial charge in [-0.1, -0.05) is 96.2 Å². The van der Waals surface area contributed by atoms with Crippen LogP contribution in [0.15, 0.2) is 102 Å². The summed E-state index contributed by atoms with van der Waals surface area (Å²) in [4.78, 5) is 33.3. The number of thiazole rings is 1. The van der Waals surface area contributed by atoms with Gasteiger partial charge in [-0.15, -0.1) is 11.3 Å². The second-order valence-corrected chi connectivity index (χ2v) is 10.5. The van der Waals surface area contributed by atoms with Gasteiger partial charge in [-0.25, -0.2) is 9.78 Å². The first-order valence-electron chi connectivity index (χ1n) is 12.2. The molecule has 1 aromatic heterocycles. The van der Waals surface area contributed by atoms with Gasteiger partial charge in [-0.2, -0.15) is 0 Å². The molecule has 0 radical (unpaired) electrons. The number of carbonyl (C=O) groups excluding carboxylic acids is 2. The number of oxime groups is 1. The van der Waals surface area contributed by atoms with Gasteiger partial charge >= 0.3 is 35.5 Å². The number of benzene rings is 3. The number of esters is 1. The van der Waals surface area contributed by atoms with Gasteiger partial charge in [0, 0.05) is 5.38 Å². The summed E-state index contributed by atoms with van der Waals surface area (Å²) in [7, 11) is 0. The number of rotatable bonds is 10. The number of carboxylic acid groups (broad SMARTS) is 1. The Kier molecular flexibility index (Phi) is 10.6. The van der Waals surface area contributed by atoms with Crippen molar-refractivity contribution in [3.05, 3.63) is 119 Å². The molecule has 10 heteroatoms. The van der Waals surface area contributed by atoms with Crippen molar-refractivity contribution in [3.8, 4) is 0 Å². The monoisotopic (exact) mass is 565 g/mol. The topological polar surface area (TPSA) is 113 Å². The molecule has 0 unspecified atom stereocenters. The number of aromatic nitrogens is 1. The van der Waals surface area contributed by atoms with E-state index in [0.717, 1.165) is 16.7 Å². The van der Waals surface area contributed by atoms with Crippen molar-refractivity contribution in [1.29, 1.82) is 0 Å². The summed E-state index contributed by atoms with van der Waals surface area (Å²) >= 11 is 1.21. The van der Waals surface area contributed by atoms with E-state index >= 15 is 0 Å². The van der Waals surface area contributed by atoms with E-state index in [1.165, 1.54) is 11.3 Å². The molecule has 3 aromatic carbocycles. The van der Waals surface area contributed by atoms with E-state index in [4.69, 9.17) is 9.57 Å². The molecule has 4 rings (SSSR count). The molecule has 1 heterocycles. The number of hydrogen-bond donors (Lipinski definition) is 1. The molecule has 1 N–H and O–H groups in total. The zero-order valence-corrected chi connectivity index (χ0v) is 25.6. The van der Waals surface area contributed by atoms with Crippen molar-refractivity contribution in [2.75, 3.05) is 11.9 Å². The van der Waals surface area contributed by atoms with Crippen LogP contribution in [0.5, 0.6) is 0 Å². The van der Waals surface area contributed by atoms with E-state index in [2.05, 4.69) is 15.5 Å². The minimum Gasteiger partial charge on any atom is -0.543 e. The first kappa shape index (κ1) is 31.0. The Morgan fingerprint density at radius 2 is 1.35 bits per heavy atom. The fourth-order valence-corrected chi connectivity index (χ4v) is 4.84. The fraction of sp³-hybridized carbons (Fsp3) is 0.200. The molecule has 0 saturated heterocycles. The Labute approximate surface area is 259 Å². The molecule has 0 spiro atoms. The summed E-state index contributed by atoms with van der Waals surface area (Å²) in [5.41, 5.74) is 0.850. The molecular formula is C30H28N3NaO5S. The van der Waals surface area contributed by atoms with Crippen LogP contribution in [0.1, 0.15) is 43.2 Å². The number of carboxylic acids is 1. The third kappa shape index (κ3) is 7.57. The van der Waals surface area contributed by atoms with E-state index in [-0.39, 0.29) is 35.3 Å². The number of hydrogen-bond acceptors (Lipinski definition) is 9. The number of ether oxygens (including phenoxy) is 1. The number of nitrogens with zero attached hydrogens (tertiary/aromatic N) is 2. The van der Waals surface area contributed by atoms with Gasteiger partial charge in [-0.05, 0) is 37.5 Å². The van der Waals surface area contributed by atoms with Crippen LogP contribution in [0.3, 0.4) is 0 Å². The molecule has 200 valence electrons. The number of anilines is 1. The van der Waals surface area contributed by atoms with Crippen LogP contribution >= 0.6 is 11.3 Å². The summed E-state index contributed by atoms with van der Waals surface area (Å²) in [5, 5.41) is 21.1. The van der Waals surface area contributed by atoms with Gasteiger partial charge in [-0.3, -0.25) is 0 Å². The number of carbonyl (C=O) groups is 2. The molecule has 40 heavy (non-hydrogen) atoms. The third-order valence-corrected chi connectivity index (χ3v) is 6.37. The minimum atomic E-state index is -1.59. The molecule has 4 aromatic rings. The maximum atomic E-state index is 11.9. The van der Waals surface area contributed by atoms with Crippen molar-refractivity contribution in [2.45, 2.75) is 31.9 Å². The van der Waals surface area contributed by atoms with Crippen LogP contribution in [-0.4, -0.2) is 34.8 Å². The smallest absolute Gasteiger partial charge is 0.543 e. The average Bonchev–Trinajstić information content (AvgIpc) is 3.38. The zero-order chi connectivity index (χ0) is 27.9. The van der Waals surface area contributed by atoms with Gasteiger partial charge in [0.05, 0.1) is 5.97 Å². The van der Waals surface area contributed by atoms with Crippen molar-refractivity contribution in [3.63, 3.8) is 0 Å². The standard InChI is InChI=1S/C30H29N3O5S.Na/c1-29(2,3)38-25(34)19-37-33-26(27(35)36)24-20-39-28(31-24)32-30(21-13-7-4-8-14-21,22-15-9-5-10-16-22)23-17-11-6-12-18-23;/h4-18,20H,19H2,1-3H3,(H,31,32)(H,35,36);/q;+1/p-1/b33-26-;.